The summed E-state index contributed by atoms with van der Waals surface area (Å²) in [5, 5.41) is 2.66. The Balaban J connectivity index is 2.29. The van der Waals surface area contributed by atoms with Crippen LogP contribution in [-0.2, 0) is 6.42 Å². The summed E-state index contributed by atoms with van der Waals surface area (Å²) >= 11 is 7.66. The number of thiophene rings is 1. The summed E-state index contributed by atoms with van der Waals surface area (Å²) < 4.78 is 10.7. The van der Waals surface area contributed by atoms with E-state index in [-0.39, 0.29) is 6.04 Å². The lowest BCUT2D eigenvalue weighted by Crippen LogP contribution is -2.29. The molecule has 108 valence electrons. The number of halogens is 1. The molecule has 0 bridgehead atoms. The fourth-order valence-corrected chi connectivity index (χ4v) is 3.20. The normalized spacial score (nSPS) is 12.2. The van der Waals surface area contributed by atoms with Crippen LogP contribution in [0.25, 0.3) is 0 Å². The van der Waals surface area contributed by atoms with Gasteiger partial charge in [-0.05, 0) is 41.6 Å². The van der Waals surface area contributed by atoms with Crippen molar-refractivity contribution in [1.82, 2.24) is 5.43 Å². The van der Waals surface area contributed by atoms with Crippen molar-refractivity contribution in [3.8, 4) is 11.5 Å². The number of hydrazine groups is 1. The van der Waals surface area contributed by atoms with Crippen molar-refractivity contribution in [3.63, 3.8) is 0 Å². The van der Waals surface area contributed by atoms with Gasteiger partial charge in [0.2, 0.25) is 0 Å². The molecular weight excluding hydrogens is 296 g/mol. The van der Waals surface area contributed by atoms with Crippen molar-refractivity contribution in [2.75, 3.05) is 14.2 Å². The van der Waals surface area contributed by atoms with E-state index in [2.05, 4.69) is 5.43 Å². The molecule has 0 aliphatic heterocycles. The fraction of sp³-hybridized carbons (Fsp3) is 0.286. The van der Waals surface area contributed by atoms with Gasteiger partial charge in [0.25, 0.3) is 0 Å². The van der Waals surface area contributed by atoms with Crippen molar-refractivity contribution in [3.05, 3.63) is 45.1 Å². The molecule has 0 saturated heterocycles. The van der Waals surface area contributed by atoms with Crippen LogP contribution in [0.1, 0.15) is 16.5 Å². The standard InChI is InChI=1S/C14H17ClN2O2S/c1-18-12-4-3-10(15)7-9(12)8-11(17-16)14-13(19-2)5-6-20-14/h3-7,11,17H,8,16H2,1-2H3. The van der Waals surface area contributed by atoms with Crippen LogP contribution in [0.4, 0.5) is 0 Å². The van der Waals surface area contributed by atoms with Crippen LogP contribution in [0.5, 0.6) is 11.5 Å². The highest BCUT2D eigenvalue weighted by molar-refractivity contribution is 7.10. The summed E-state index contributed by atoms with van der Waals surface area (Å²) in [6, 6.07) is 7.43. The number of benzene rings is 1. The van der Waals surface area contributed by atoms with Gasteiger partial charge in [-0.3, -0.25) is 11.3 Å². The van der Waals surface area contributed by atoms with Crippen LogP contribution < -0.4 is 20.7 Å². The van der Waals surface area contributed by atoms with Gasteiger partial charge in [-0.15, -0.1) is 11.3 Å². The van der Waals surface area contributed by atoms with E-state index in [9.17, 15) is 0 Å². The first-order chi connectivity index (χ1) is 9.69. The third-order valence-corrected chi connectivity index (χ3v) is 4.31. The Kier molecular flexibility index (Phi) is 5.25. The molecule has 1 unspecified atom stereocenters. The molecule has 0 saturated carbocycles. The number of rotatable bonds is 6. The molecule has 3 N–H and O–H groups in total. The Morgan fingerprint density at radius 2 is 2.00 bits per heavy atom. The second kappa shape index (κ2) is 6.95. The van der Waals surface area contributed by atoms with E-state index >= 15 is 0 Å². The maximum Gasteiger partial charge on any atom is 0.134 e. The number of nitrogens with one attached hydrogen (secondary N) is 1. The molecule has 6 heteroatoms. The molecule has 0 fully saturated rings. The van der Waals surface area contributed by atoms with Gasteiger partial charge in [-0.1, -0.05) is 11.6 Å². The Bertz CT molecular complexity index is 574. The van der Waals surface area contributed by atoms with Crippen molar-refractivity contribution in [1.29, 1.82) is 0 Å². The van der Waals surface area contributed by atoms with E-state index in [1.54, 1.807) is 31.6 Å². The maximum absolute atomic E-state index is 6.05. The zero-order valence-electron chi connectivity index (χ0n) is 11.4. The first-order valence-corrected chi connectivity index (χ1v) is 7.35. The third kappa shape index (κ3) is 3.24. The highest BCUT2D eigenvalue weighted by Crippen LogP contribution is 2.34. The van der Waals surface area contributed by atoms with Crippen LogP contribution >= 0.6 is 22.9 Å². The van der Waals surface area contributed by atoms with Gasteiger partial charge < -0.3 is 9.47 Å². The summed E-state index contributed by atoms with van der Waals surface area (Å²) in [5.41, 5.74) is 3.83. The fourth-order valence-electron chi connectivity index (χ4n) is 2.09. The second-order valence-electron chi connectivity index (χ2n) is 4.23. The quantitative estimate of drug-likeness (QED) is 0.635. The van der Waals surface area contributed by atoms with Crippen LogP contribution in [0, 0.1) is 0 Å². The Hall–Kier alpha value is -1.27. The molecule has 1 heterocycles. The summed E-state index contributed by atoms with van der Waals surface area (Å²) in [7, 11) is 3.29. The van der Waals surface area contributed by atoms with E-state index in [1.165, 1.54) is 0 Å². The highest BCUT2D eigenvalue weighted by atomic mass is 35.5. The van der Waals surface area contributed by atoms with Crippen LogP contribution in [0.15, 0.2) is 29.6 Å². The molecule has 0 spiro atoms. The molecule has 1 aromatic heterocycles. The number of methoxy groups -OCH3 is 2. The number of hydrogen-bond donors (Lipinski definition) is 2. The van der Waals surface area contributed by atoms with Crippen molar-refractivity contribution < 1.29 is 9.47 Å². The van der Waals surface area contributed by atoms with Gasteiger partial charge in [-0.25, -0.2) is 0 Å². The van der Waals surface area contributed by atoms with Gasteiger partial charge in [0.1, 0.15) is 11.5 Å². The van der Waals surface area contributed by atoms with E-state index in [0.29, 0.717) is 11.4 Å². The molecule has 0 aliphatic carbocycles. The van der Waals surface area contributed by atoms with Crippen LogP contribution in [0.2, 0.25) is 5.02 Å². The SMILES string of the molecule is COc1ccc(Cl)cc1CC(NN)c1sccc1OC. The zero-order chi connectivity index (χ0) is 14.5. The van der Waals surface area contributed by atoms with Gasteiger partial charge in [-0.2, -0.15) is 0 Å². The molecule has 20 heavy (non-hydrogen) atoms. The lowest BCUT2D eigenvalue weighted by atomic mass is 10.0. The summed E-state index contributed by atoms with van der Waals surface area (Å²) in [6.07, 6.45) is 0.664. The van der Waals surface area contributed by atoms with Crippen molar-refractivity contribution in [2.24, 2.45) is 5.84 Å². The number of hydrogen-bond acceptors (Lipinski definition) is 5. The molecule has 0 aliphatic rings. The van der Waals surface area contributed by atoms with Gasteiger partial charge in [0.05, 0.1) is 25.1 Å². The molecule has 2 rings (SSSR count). The summed E-state index contributed by atoms with van der Waals surface area (Å²) in [4.78, 5) is 1.05. The van der Waals surface area contributed by atoms with Gasteiger partial charge >= 0.3 is 0 Å². The minimum Gasteiger partial charge on any atom is -0.496 e. The minimum absolute atomic E-state index is 0.0580. The molecule has 0 amide bonds. The molecule has 0 radical (unpaired) electrons. The molecule has 1 aromatic carbocycles. The number of nitrogens with two attached hydrogens (primary N) is 1. The van der Waals surface area contributed by atoms with Gasteiger partial charge in [0, 0.05) is 5.02 Å². The van der Waals surface area contributed by atoms with E-state index < -0.39 is 0 Å². The van der Waals surface area contributed by atoms with E-state index in [4.69, 9.17) is 26.9 Å². The Morgan fingerprint density at radius 1 is 1.25 bits per heavy atom. The molecular formula is C14H17ClN2O2S. The lowest BCUT2D eigenvalue weighted by Gasteiger charge is -2.18. The summed E-state index contributed by atoms with van der Waals surface area (Å²) in [6.45, 7) is 0. The van der Waals surface area contributed by atoms with Crippen molar-refractivity contribution in [2.45, 2.75) is 12.5 Å². The van der Waals surface area contributed by atoms with Crippen LogP contribution in [0.3, 0.4) is 0 Å². The Labute approximate surface area is 127 Å². The third-order valence-electron chi connectivity index (χ3n) is 3.06. The van der Waals surface area contributed by atoms with E-state index in [0.717, 1.165) is 21.9 Å². The smallest absolute Gasteiger partial charge is 0.134 e. The zero-order valence-corrected chi connectivity index (χ0v) is 12.9. The van der Waals surface area contributed by atoms with Crippen LogP contribution in [-0.4, -0.2) is 14.2 Å². The second-order valence-corrected chi connectivity index (χ2v) is 5.62. The average Bonchev–Trinajstić information content (AvgIpc) is 2.93. The number of ether oxygens (including phenoxy) is 2. The monoisotopic (exact) mass is 312 g/mol. The Morgan fingerprint density at radius 3 is 2.65 bits per heavy atom. The predicted molar refractivity (Wildman–Crippen MR) is 82.6 cm³/mol. The minimum atomic E-state index is -0.0580. The highest BCUT2D eigenvalue weighted by Gasteiger charge is 2.19. The average molecular weight is 313 g/mol. The first-order valence-electron chi connectivity index (χ1n) is 6.09. The topological polar surface area (TPSA) is 56.5 Å². The molecule has 4 nitrogen and oxygen atoms in total. The van der Waals surface area contributed by atoms with E-state index in [1.807, 2.05) is 23.6 Å². The lowest BCUT2D eigenvalue weighted by molar-refractivity contribution is 0.396. The van der Waals surface area contributed by atoms with Crippen molar-refractivity contribution >= 4 is 22.9 Å². The first kappa shape index (κ1) is 15.1. The summed E-state index contributed by atoms with van der Waals surface area (Å²) in [5.74, 6) is 7.32. The molecule has 1 atom stereocenters. The maximum atomic E-state index is 6.05. The van der Waals surface area contributed by atoms with Gasteiger partial charge in [0.15, 0.2) is 0 Å². The molecule has 2 aromatic rings. The largest absolute Gasteiger partial charge is 0.496 e. The predicted octanol–water partition coefficient (Wildman–Crippen LogP) is 3.17.